The molecule has 2 saturated carbocycles. The Morgan fingerprint density at radius 1 is 1.07 bits per heavy atom. The number of methoxy groups -OCH3 is 1. The molecule has 0 saturated heterocycles. The summed E-state index contributed by atoms with van der Waals surface area (Å²) in [5, 5.41) is 22.5. The molecule has 2 aliphatic rings. The summed E-state index contributed by atoms with van der Waals surface area (Å²) in [7, 11) is 3.46. The average Bonchev–Trinajstić information content (AvgIpc) is 3.39. The minimum absolute atomic E-state index is 0.0490. The Hall–Kier alpha value is -3.79. The number of hydrogen-bond acceptors (Lipinski definition) is 5. The fraction of sp³-hybridized carbons (Fsp3) is 0.485. The Labute approximate surface area is 237 Å². The number of hydrogen-bond donors (Lipinski definition) is 2. The Morgan fingerprint density at radius 2 is 1.85 bits per heavy atom. The molecule has 40 heavy (non-hydrogen) atoms. The van der Waals surface area contributed by atoms with Crippen LogP contribution >= 0.6 is 0 Å². The summed E-state index contributed by atoms with van der Waals surface area (Å²) in [6.07, 6.45) is 12.0. The molecule has 1 heterocycles. The first-order chi connectivity index (χ1) is 19.4. The molecule has 0 unspecified atom stereocenters. The van der Waals surface area contributed by atoms with Crippen molar-refractivity contribution in [3.05, 3.63) is 64.5 Å². The Morgan fingerprint density at radius 3 is 2.52 bits per heavy atom. The zero-order valence-corrected chi connectivity index (χ0v) is 23.9. The van der Waals surface area contributed by atoms with Crippen molar-refractivity contribution in [2.24, 2.45) is 18.9 Å². The van der Waals surface area contributed by atoms with Crippen LogP contribution in [0.25, 0.3) is 0 Å². The van der Waals surface area contributed by atoms with Crippen LogP contribution in [0.4, 0.5) is 5.69 Å². The van der Waals surface area contributed by atoms with Crippen LogP contribution in [-0.4, -0.2) is 33.1 Å². The Balaban J connectivity index is 1.37. The highest BCUT2D eigenvalue weighted by Crippen LogP contribution is 2.40. The maximum atomic E-state index is 13.2. The third-order valence-electron chi connectivity index (χ3n) is 8.67. The van der Waals surface area contributed by atoms with Gasteiger partial charge in [-0.05, 0) is 105 Å². The van der Waals surface area contributed by atoms with E-state index in [2.05, 4.69) is 52.5 Å². The van der Waals surface area contributed by atoms with Gasteiger partial charge in [-0.15, -0.1) is 5.10 Å². The standard InChI is InChI=1S/C33H40N4O3/c1-22-19-26(13-18-32(22)40-3)24-11-9-23(10-12-24)20-29-28(15-14-27-21-34-37(2)36-27)31(38)17-16-30(29)35-33(39)25-7-5-4-6-8-25/h13,16-19,21,23-25,38H,4-12,20H2,1-3H3,(H,35,39). The first kappa shape index (κ1) is 27.8. The van der Waals surface area contributed by atoms with Crippen molar-refractivity contribution >= 4 is 11.6 Å². The molecule has 210 valence electrons. The fourth-order valence-electron chi connectivity index (χ4n) is 6.38. The van der Waals surface area contributed by atoms with Gasteiger partial charge in [-0.2, -0.15) is 9.90 Å². The van der Waals surface area contributed by atoms with Crippen LogP contribution in [0.15, 0.2) is 36.5 Å². The van der Waals surface area contributed by atoms with Gasteiger partial charge in [0.15, 0.2) is 5.69 Å². The summed E-state index contributed by atoms with van der Waals surface area (Å²) in [6, 6.07) is 10.0. The Bertz CT molecular complexity index is 1400. The van der Waals surface area contributed by atoms with Crippen LogP contribution in [0, 0.1) is 30.6 Å². The molecule has 2 N–H and O–H groups in total. The number of amides is 1. The van der Waals surface area contributed by atoms with E-state index in [1.54, 1.807) is 26.4 Å². The number of rotatable bonds is 6. The van der Waals surface area contributed by atoms with E-state index in [1.165, 1.54) is 22.3 Å². The van der Waals surface area contributed by atoms with E-state index in [-0.39, 0.29) is 17.6 Å². The predicted octanol–water partition coefficient (Wildman–Crippen LogP) is 6.27. The van der Waals surface area contributed by atoms with Crippen molar-refractivity contribution in [1.82, 2.24) is 15.0 Å². The lowest BCUT2D eigenvalue weighted by molar-refractivity contribution is -0.120. The van der Waals surface area contributed by atoms with E-state index < -0.39 is 0 Å². The van der Waals surface area contributed by atoms with Gasteiger partial charge in [0.25, 0.3) is 0 Å². The molecule has 0 radical (unpaired) electrons. The molecule has 7 heteroatoms. The van der Waals surface area contributed by atoms with Crippen LogP contribution < -0.4 is 10.1 Å². The predicted molar refractivity (Wildman–Crippen MR) is 156 cm³/mol. The van der Waals surface area contributed by atoms with Crippen LogP contribution in [0.5, 0.6) is 11.5 Å². The number of aromatic nitrogens is 3. The van der Waals surface area contributed by atoms with Gasteiger partial charge >= 0.3 is 0 Å². The van der Waals surface area contributed by atoms with Gasteiger partial charge in [-0.1, -0.05) is 37.3 Å². The van der Waals surface area contributed by atoms with E-state index in [0.717, 1.165) is 74.8 Å². The number of aryl methyl sites for hydroxylation is 2. The van der Waals surface area contributed by atoms with E-state index in [1.807, 2.05) is 6.07 Å². The molecule has 0 bridgehead atoms. The molecule has 2 fully saturated rings. The van der Waals surface area contributed by atoms with E-state index >= 15 is 0 Å². The summed E-state index contributed by atoms with van der Waals surface area (Å²) in [5.74, 6) is 8.39. The minimum atomic E-state index is 0.0490. The molecule has 1 amide bonds. The molecule has 5 rings (SSSR count). The lowest BCUT2D eigenvalue weighted by atomic mass is 9.76. The van der Waals surface area contributed by atoms with Gasteiger partial charge in [0.05, 0.1) is 18.9 Å². The third kappa shape index (κ3) is 6.50. The van der Waals surface area contributed by atoms with Crippen LogP contribution in [0.2, 0.25) is 0 Å². The van der Waals surface area contributed by atoms with E-state index in [4.69, 9.17) is 4.74 Å². The molecule has 2 aliphatic carbocycles. The van der Waals surface area contributed by atoms with Crippen LogP contribution in [0.1, 0.15) is 91.7 Å². The number of phenols is 1. The number of aromatic hydroxyl groups is 1. The van der Waals surface area contributed by atoms with Crippen molar-refractivity contribution in [2.45, 2.75) is 77.0 Å². The topological polar surface area (TPSA) is 89.3 Å². The molecule has 3 aromatic rings. The zero-order chi connectivity index (χ0) is 28.1. The maximum Gasteiger partial charge on any atom is 0.227 e. The number of nitrogens with zero attached hydrogens (tertiary/aromatic N) is 3. The van der Waals surface area contributed by atoms with Crippen molar-refractivity contribution < 1.29 is 14.6 Å². The Kier molecular flexibility index (Phi) is 8.74. The van der Waals surface area contributed by atoms with Gasteiger partial charge in [0.2, 0.25) is 5.91 Å². The van der Waals surface area contributed by atoms with Gasteiger partial charge in [0, 0.05) is 18.7 Å². The third-order valence-corrected chi connectivity index (χ3v) is 8.67. The molecule has 0 spiro atoms. The summed E-state index contributed by atoms with van der Waals surface area (Å²) in [6.45, 7) is 2.10. The fourth-order valence-corrected chi connectivity index (χ4v) is 6.38. The summed E-state index contributed by atoms with van der Waals surface area (Å²) in [5.41, 5.74) is 5.35. The summed E-state index contributed by atoms with van der Waals surface area (Å²) >= 11 is 0. The lowest BCUT2D eigenvalue weighted by Gasteiger charge is -2.30. The quantitative estimate of drug-likeness (QED) is 0.284. The first-order valence-corrected chi connectivity index (χ1v) is 14.6. The number of ether oxygens (including phenoxy) is 1. The number of carbonyl (C=O) groups excluding carboxylic acids is 1. The maximum absolute atomic E-state index is 13.2. The summed E-state index contributed by atoms with van der Waals surface area (Å²) < 4.78 is 5.45. The molecule has 0 atom stereocenters. The van der Waals surface area contributed by atoms with Crippen molar-refractivity contribution in [3.8, 4) is 23.3 Å². The molecule has 1 aromatic heterocycles. The molecule has 0 aliphatic heterocycles. The highest BCUT2D eigenvalue weighted by Gasteiger charge is 2.27. The minimum Gasteiger partial charge on any atom is -0.507 e. The smallest absolute Gasteiger partial charge is 0.227 e. The average molecular weight is 541 g/mol. The molecule has 2 aromatic carbocycles. The van der Waals surface area contributed by atoms with E-state index in [9.17, 15) is 9.90 Å². The van der Waals surface area contributed by atoms with Crippen molar-refractivity contribution in [2.75, 3.05) is 12.4 Å². The van der Waals surface area contributed by atoms with Gasteiger partial charge in [0.1, 0.15) is 11.5 Å². The van der Waals surface area contributed by atoms with Gasteiger partial charge in [-0.3, -0.25) is 4.79 Å². The second-order valence-electron chi connectivity index (χ2n) is 11.4. The van der Waals surface area contributed by atoms with Crippen LogP contribution in [-0.2, 0) is 18.3 Å². The molecular formula is C33H40N4O3. The number of anilines is 1. The van der Waals surface area contributed by atoms with E-state index in [0.29, 0.717) is 23.1 Å². The largest absolute Gasteiger partial charge is 0.507 e. The number of carbonyl (C=O) groups is 1. The second-order valence-corrected chi connectivity index (χ2v) is 11.4. The normalized spacial score (nSPS) is 19.5. The summed E-state index contributed by atoms with van der Waals surface area (Å²) in [4.78, 5) is 14.7. The lowest BCUT2D eigenvalue weighted by Crippen LogP contribution is -2.26. The first-order valence-electron chi connectivity index (χ1n) is 14.6. The highest BCUT2D eigenvalue weighted by atomic mass is 16.5. The SMILES string of the molecule is COc1ccc(C2CCC(Cc3c(NC(=O)C4CCCCC4)ccc(O)c3C#Cc3cnn(C)n3)CC2)cc1C. The molecular weight excluding hydrogens is 500 g/mol. The zero-order valence-electron chi connectivity index (χ0n) is 23.9. The van der Waals surface area contributed by atoms with Gasteiger partial charge < -0.3 is 15.2 Å². The molecule has 7 nitrogen and oxygen atoms in total. The van der Waals surface area contributed by atoms with Crippen molar-refractivity contribution in [1.29, 1.82) is 0 Å². The highest BCUT2D eigenvalue weighted by molar-refractivity contribution is 5.94. The van der Waals surface area contributed by atoms with Crippen LogP contribution in [0.3, 0.4) is 0 Å². The number of nitrogens with one attached hydrogen (secondary N) is 1. The van der Waals surface area contributed by atoms with Gasteiger partial charge in [-0.25, -0.2) is 0 Å². The monoisotopic (exact) mass is 540 g/mol. The number of phenolic OH excluding ortho intramolecular Hbond substituents is 1. The second kappa shape index (κ2) is 12.6. The number of benzene rings is 2. The van der Waals surface area contributed by atoms with Crippen molar-refractivity contribution in [3.63, 3.8) is 0 Å².